The quantitative estimate of drug-likeness (QED) is 0.813. The Bertz CT molecular complexity index is 310. The van der Waals surface area contributed by atoms with Crippen molar-refractivity contribution in [3.8, 4) is 0 Å². The van der Waals surface area contributed by atoms with Crippen LogP contribution in [0.4, 0.5) is 0 Å². The van der Waals surface area contributed by atoms with Crippen molar-refractivity contribution >= 4 is 11.8 Å². The zero-order valence-electron chi connectivity index (χ0n) is 14.2. The van der Waals surface area contributed by atoms with Gasteiger partial charge in [-0.2, -0.15) is 11.8 Å². The van der Waals surface area contributed by atoms with E-state index in [-0.39, 0.29) is 5.60 Å². The molecule has 3 nitrogen and oxygen atoms in total. The lowest BCUT2D eigenvalue weighted by Gasteiger charge is -2.41. The lowest BCUT2D eigenvalue weighted by atomic mass is 9.81. The van der Waals surface area contributed by atoms with Gasteiger partial charge >= 0.3 is 0 Å². The van der Waals surface area contributed by atoms with E-state index in [1.54, 1.807) is 0 Å². The monoisotopic (exact) mass is 315 g/mol. The van der Waals surface area contributed by atoms with Crippen molar-refractivity contribution in [2.75, 3.05) is 32.1 Å². The summed E-state index contributed by atoms with van der Waals surface area (Å²) in [6, 6.07) is 0.607. The molecule has 1 spiro atoms. The first kappa shape index (κ1) is 17.6. The highest BCUT2D eigenvalue weighted by molar-refractivity contribution is 8.00. The van der Waals surface area contributed by atoms with E-state index in [0.29, 0.717) is 10.8 Å². The molecule has 0 aliphatic carbocycles. The first-order valence-electron chi connectivity index (χ1n) is 8.53. The maximum Gasteiger partial charge on any atom is 0.0939 e. The molecule has 0 bridgehead atoms. The second-order valence-corrected chi connectivity index (χ2v) is 9.42. The van der Waals surface area contributed by atoms with E-state index in [0.717, 1.165) is 38.7 Å². The Hall–Kier alpha value is 0.230. The molecule has 0 radical (unpaired) electrons. The molecule has 0 aromatic carbocycles. The van der Waals surface area contributed by atoms with E-state index < -0.39 is 0 Å². The number of hydrogen-bond donors (Lipinski definition) is 1. The minimum absolute atomic E-state index is 0.0292. The van der Waals surface area contributed by atoms with Gasteiger partial charge in [-0.1, -0.05) is 27.7 Å². The van der Waals surface area contributed by atoms with Gasteiger partial charge in [0, 0.05) is 36.2 Å². The second-order valence-electron chi connectivity index (χ2n) is 7.57. The van der Waals surface area contributed by atoms with Crippen LogP contribution in [0.1, 0.15) is 53.4 Å². The van der Waals surface area contributed by atoms with Crippen molar-refractivity contribution in [2.24, 2.45) is 5.92 Å². The Morgan fingerprint density at radius 1 is 1.33 bits per heavy atom. The smallest absolute Gasteiger partial charge is 0.0939 e. The summed E-state index contributed by atoms with van der Waals surface area (Å²) < 4.78 is 12.0. The molecule has 2 saturated heterocycles. The molecule has 2 aliphatic rings. The van der Waals surface area contributed by atoms with Gasteiger partial charge in [0.15, 0.2) is 0 Å². The van der Waals surface area contributed by atoms with Crippen LogP contribution in [0.3, 0.4) is 0 Å². The minimum atomic E-state index is 0.0292. The molecule has 0 amide bonds. The molecule has 0 saturated carbocycles. The summed E-state index contributed by atoms with van der Waals surface area (Å²) in [5.74, 6) is 1.92. The van der Waals surface area contributed by atoms with Crippen LogP contribution in [0.15, 0.2) is 0 Å². The summed E-state index contributed by atoms with van der Waals surface area (Å²) in [6.45, 7) is 12.9. The Morgan fingerprint density at radius 2 is 2.14 bits per heavy atom. The molecule has 2 heterocycles. The molecule has 2 fully saturated rings. The Kier molecular flexibility index (Phi) is 6.42. The van der Waals surface area contributed by atoms with Crippen LogP contribution in [-0.4, -0.2) is 48.5 Å². The molecule has 0 aromatic heterocycles. The summed E-state index contributed by atoms with van der Waals surface area (Å²) in [6.07, 6.45) is 4.64. The van der Waals surface area contributed by atoms with Crippen LogP contribution < -0.4 is 5.32 Å². The molecule has 124 valence electrons. The molecular weight excluding hydrogens is 282 g/mol. The molecule has 4 heteroatoms. The van der Waals surface area contributed by atoms with Crippen molar-refractivity contribution in [3.63, 3.8) is 0 Å². The highest BCUT2D eigenvalue weighted by Gasteiger charge is 2.42. The van der Waals surface area contributed by atoms with Crippen LogP contribution in [0, 0.1) is 5.92 Å². The maximum absolute atomic E-state index is 6.10. The Morgan fingerprint density at radius 3 is 2.76 bits per heavy atom. The third-order valence-corrected chi connectivity index (χ3v) is 5.91. The van der Waals surface area contributed by atoms with Gasteiger partial charge in [-0.15, -0.1) is 0 Å². The molecule has 1 N–H and O–H groups in total. The molecular formula is C17H33NO2S. The predicted octanol–water partition coefficient (Wildman–Crippen LogP) is 3.47. The fourth-order valence-corrected chi connectivity index (χ4v) is 4.37. The Labute approximate surface area is 134 Å². The van der Waals surface area contributed by atoms with Gasteiger partial charge < -0.3 is 14.8 Å². The SMILES string of the molecule is CCCNC(CSC(C)(C)C)C1CCOC2(CCOC2)C1. The van der Waals surface area contributed by atoms with E-state index in [2.05, 4.69) is 44.8 Å². The van der Waals surface area contributed by atoms with Gasteiger partial charge in [0.05, 0.1) is 12.2 Å². The van der Waals surface area contributed by atoms with Crippen LogP contribution in [0.2, 0.25) is 0 Å². The summed E-state index contributed by atoms with van der Waals surface area (Å²) in [5, 5.41) is 3.80. The molecule has 21 heavy (non-hydrogen) atoms. The lowest BCUT2D eigenvalue weighted by Crippen LogP contribution is -2.48. The van der Waals surface area contributed by atoms with Crippen molar-refractivity contribution in [2.45, 2.75) is 69.8 Å². The van der Waals surface area contributed by atoms with Gasteiger partial charge in [-0.3, -0.25) is 0 Å². The minimum Gasteiger partial charge on any atom is -0.378 e. The van der Waals surface area contributed by atoms with Crippen LogP contribution in [0.25, 0.3) is 0 Å². The fourth-order valence-electron chi connectivity index (χ4n) is 3.30. The highest BCUT2D eigenvalue weighted by atomic mass is 32.2. The van der Waals surface area contributed by atoms with Crippen LogP contribution in [-0.2, 0) is 9.47 Å². The van der Waals surface area contributed by atoms with Gasteiger partial charge in [0.2, 0.25) is 0 Å². The molecule has 3 unspecified atom stereocenters. The Balaban J connectivity index is 1.94. The number of hydrogen-bond acceptors (Lipinski definition) is 4. The number of rotatable bonds is 6. The maximum atomic E-state index is 6.10. The predicted molar refractivity (Wildman–Crippen MR) is 91.1 cm³/mol. The second kappa shape index (κ2) is 7.67. The van der Waals surface area contributed by atoms with E-state index in [9.17, 15) is 0 Å². The van der Waals surface area contributed by atoms with E-state index in [1.165, 1.54) is 25.0 Å². The van der Waals surface area contributed by atoms with E-state index >= 15 is 0 Å². The van der Waals surface area contributed by atoms with Gasteiger partial charge in [-0.05, 0) is 31.7 Å². The topological polar surface area (TPSA) is 30.5 Å². The first-order chi connectivity index (χ1) is 9.94. The van der Waals surface area contributed by atoms with Crippen molar-refractivity contribution in [1.29, 1.82) is 0 Å². The standard InChI is InChI=1S/C17H33NO2S/c1-5-8-18-15(12-21-16(2,3)4)14-6-9-20-17(11-14)7-10-19-13-17/h14-15,18H,5-13H2,1-4H3. The third-order valence-electron chi connectivity index (χ3n) is 4.52. The van der Waals surface area contributed by atoms with Crippen molar-refractivity contribution < 1.29 is 9.47 Å². The first-order valence-corrected chi connectivity index (χ1v) is 9.52. The summed E-state index contributed by atoms with van der Waals surface area (Å²) in [7, 11) is 0. The molecule has 2 rings (SSSR count). The zero-order valence-corrected chi connectivity index (χ0v) is 15.1. The summed E-state index contributed by atoms with van der Waals surface area (Å²) in [5.41, 5.74) is 0.0292. The summed E-state index contributed by atoms with van der Waals surface area (Å²) in [4.78, 5) is 0. The third kappa shape index (κ3) is 5.42. The van der Waals surface area contributed by atoms with Gasteiger partial charge in [-0.25, -0.2) is 0 Å². The molecule has 2 aliphatic heterocycles. The van der Waals surface area contributed by atoms with Gasteiger partial charge in [0.1, 0.15) is 0 Å². The number of nitrogens with one attached hydrogen (secondary N) is 1. The number of ether oxygens (including phenoxy) is 2. The average molecular weight is 316 g/mol. The van der Waals surface area contributed by atoms with Crippen molar-refractivity contribution in [1.82, 2.24) is 5.32 Å². The fraction of sp³-hybridized carbons (Fsp3) is 1.00. The highest BCUT2D eigenvalue weighted by Crippen LogP contribution is 2.38. The van der Waals surface area contributed by atoms with Gasteiger partial charge in [0.25, 0.3) is 0 Å². The van der Waals surface area contributed by atoms with E-state index in [1.807, 2.05) is 0 Å². The lowest BCUT2D eigenvalue weighted by molar-refractivity contribution is -0.102. The molecule has 0 aromatic rings. The molecule has 3 atom stereocenters. The van der Waals surface area contributed by atoms with Crippen LogP contribution in [0.5, 0.6) is 0 Å². The van der Waals surface area contributed by atoms with E-state index in [4.69, 9.17) is 9.47 Å². The largest absolute Gasteiger partial charge is 0.378 e. The zero-order chi connectivity index (χ0) is 15.3. The van der Waals surface area contributed by atoms with Crippen molar-refractivity contribution in [3.05, 3.63) is 0 Å². The van der Waals surface area contributed by atoms with Crippen LogP contribution >= 0.6 is 11.8 Å². The summed E-state index contributed by atoms with van der Waals surface area (Å²) >= 11 is 2.08. The normalized spacial score (nSPS) is 31.7. The average Bonchev–Trinajstić information content (AvgIpc) is 2.85. The number of thioether (sulfide) groups is 1.